The molecule has 0 saturated heterocycles. The minimum absolute atomic E-state index is 0.0633. The summed E-state index contributed by atoms with van der Waals surface area (Å²) in [5, 5.41) is 4.07. The van der Waals surface area contributed by atoms with Crippen LogP contribution in [0.25, 0.3) is 22.8 Å². The molecule has 0 aliphatic rings. The van der Waals surface area contributed by atoms with Gasteiger partial charge in [0.1, 0.15) is 0 Å². The standard InChI is InChI=1S/C21H23N3O4/c1-5-26-18-12-16(10-11-17(18)27-13-19(25)24(3)4)20-22-21(28-23-20)15-8-6-14(2)7-9-15/h6-12H,5,13H2,1-4H3. The second kappa shape index (κ2) is 8.56. The summed E-state index contributed by atoms with van der Waals surface area (Å²) in [6, 6.07) is 13.2. The maximum absolute atomic E-state index is 11.8. The smallest absolute Gasteiger partial charge is 0.259 e. The molecule has 146 valence electrons. The Morgan fingerprint density at radius 2 is 1.75 bits per heavy atom. The van der Waals surface area contributed by atoms with Crippen molar-refractivity contribution in [1.29, 1.82) is 0 Å². The molecule has 0 bridgehead atoms. The van der Waals surface area contributed by atoms with Gasteiger partial charge in [0.25, 0.3) is 11.8 Å². The van der Waals surface area contributed by atoms with Crippen LogP contribution in [0.4, 0.5) is 0 Å². The van der Waals surface area contributed by atoms with Crippen molar-refractivity contribution in [3.05, 3.63) is 48.0 Å². The van der Waals surface area contributed by atoms with E-state index < -0.39 is 0 Å². The summed E-state index contributed by atoms with van der Waals surface area (Å²) >= 11 is 0. The zero-order valence-corrected chi connectivity index (χ0v) is 16.4. The molecule has 7 nitrogen and oxygen atoms in total. The topological polar surface area (TPSA) is 77.7 Å². The van der Waals surface area contributed by atoms with Crippen molar-refractivity contribution in [2.45, 2.75) is 13.8 Å². The molecular weight excluding hydrogens is 358 g/mol. The van der Waals surface area contributed by atoms with Gasteiger partial charge in [0.2, 0.25) is 5.82 Å². The minimum atomic E-state index is -0.132. The molecule has 7 heteroatoms. The van der Waals surface area contributed by atoms with E-state index in [4.69, 9.17) is 14.0 Å². The Hall–Kier alpha value is -3.35. The zero-order valence-electron chi connectivity index (χ0n) is 16.4. The highest BCUT2D eigenvalue weighted by Gasteiger charge is 2.15. The van der Waals surface area contributed by atoms with Crippen molar-refractivity contribution in [2.75, 3.05) is 27.3 Å². The monoisotopic (exact) mass is 381 g/mol. The van der Waals surface area contributed by atoms with Crippen LogP contribution in [0.15, 0.2) is 47.0 Å². The Balaban J connectivity index is 1.83. The van der Waals surface area contributed by atoms with E-state index in [0.29, 0.717) is 29.8 Å². The molecule has 1 aromatic heterocycles. The summed E-state index contributed by atoms with van der Waals surface area (Å²) in [6.07, 6.45) is 0. The number of aryl methyl sites for hydroxylation is 1. The average molecular weight is 381 g/mol. The van der Waals surface area contributed by atoms with Gasteiger partial charge in [-0.25, -0.2) is 0 Å². The molecule has 0 spiro atoms. The van der Waals surface area contributed by atoms with Crippen LogP contribution < -0.4 is 9.47 Å². The Morgan fingerprint density at radius 1 is 1.04 bits per heavy atom. The Bertz CT molecular complexity index is 949. The van der Waals surface area contributed by atoms with E-state index in [-0.39, 0.29) is 12.5 Å². The molecule has 0 unspecified atom stereocenters. The fourth-order valence-corrected chi connectivity index (χ4v) is 2.46. The number of rotatable bonds is 7. The Kier molecular flexibility index (Phi) is 5.93. The average Bonchev–Trinajstić information content (AvgIpc) is 3.17. The van der Waals surface area contributed by atoms with Gasteiger partial charge in [0, 0.05) is 25.2 Å². The molecule has 1 heterocycles. The minimum Gasteiger partial charge on any atom is -0.490 e. The van der Waals surface area contributed by atoms with Gasteiger partial charge in [-0.05, 0) is 44.2 Å². The number of aromatic nitrogens is 2. The lowest BCUT2D eigenvalue weighted by Crippen LogP contribution is -2.27. The van der Waals surface area contributed by atoms with Gasteiger partial charge in [-0.2, -0.15) is 4.98 Å². The molecule has 0 aliphatic carbocycles. The molecule has 28 heavy (non-hydrogen) atoms. The number of carbonyl (C=O) groups excluding carboxylic acids is 1. The second-order valence-electron chi connectivity index (χ2n) is 6.46. The normalized spacial score (nSPS) is 10.6. The number of ether oxygens (including phenoxy) is 2. The van der Waals surface area contributed by atoms with Crippen molar-refractivity contribution in [3.63, 3.8) is 0 Å². The van der Waals surface area contributed by atoms with Crippen LogP contribution in [-0.4, -0.2) is 48.3 Å². The van der Waals surface area contributed by atoms with E-state index in [1.54, 1.807) is 26.2 Å². The predicted octanol–water partition coefficient (Wildman–Crippen LogP) is 3.58. The summed E-state index contributed by atoms with van der Waals surface area (Å²) in [5.74, 6) is 1.78. The van der Waals surface area contributed by atoms with Crippen LogP contribution in [-0.2, 0) is 4.79 Å². The van der Waals surface area contributed by atoms with Crippen LogP contribution in [0, 0.1) is 6.92 Å². The zero-order chi connectivity index (χ0) is 20.1. The lowest BCUT2D eigenvalue weighted by molar-refractivity contribution is -0.130. The largest absolute Gasteiger partial charge is 0.490 e. The van der Waals surface area contributed by atoms with Crippen molar-refractivity contribution < 1.29 is 18.8 Å². The second-order valence-corrected chi connectivity index (χ2v) is 6.46. The fraction of sp³-hybridized carbons (Fsp3) is 0.286. The first-order chi connectivity index (χ1) is 13.5. The number of nitrogens with zero attached hydrogens (tertiary/aromatic N) is 3. The fourth-order valence-electron chi connectivity index (χ4n) is 2.46. The SMILES string of the molecule is CCOc1cc(-c2noc(-c3ccc(C)cc3)n2)ccc1OCC(=O)N(C)C. The van der Waals surface area contributed by atoms with Crippen molar-refractivity contribution >= 4 is 5.91 Å². The van der Waals surface area contributed by atoms with Gasteiger partial charge in [0.05, 0.1) is 6.61 Å². The summed E-state index contributed by atoms with van der Waals surface area (Å²) in [4.78, 5) is 17.7. The third-order valence-corrected chi connectivity index (χ3v) is 4.08. The van der Waals surface area contributed by atoms with Crippen molar-refractivity contribution in [3.8, 4) is 34.3 Å². The highest BCUT2D eigenvalue weighted by Crippen LogP contribution is 2.32. The predicted molar refractivity (Wildman–Crippen MR) is 105 cm³/mol. The van der Waals surface area contributed by atoms with Crippen LogP contribution in [0.5, 0.6) is 11.5 Å². The van der Waals surface area contributed by atoms with Gasteiger partial charge in [-0.3, -0.25) is 4.79 Å². The van der Waals surface area contributed by atoms with Gasteiger partial charge < -0.3 is 18.9 Å². The molecule has 3 rings (SSSR count). The maximum atomic E-state index is 11.8. The Morgan fingerprint density at radius 3 is 2.43 bits per heavy atom. The molecule has 0 N–H and O–H groups in total. The highest BCUT2D eigenvalue weighted by atomic mass is 16.5. The molecule has 0 aliphatic heterocycles. The van der Waals surface area contributed by atoms with Crippen LogP contribution >= 0.6 is 0 Å². The van der Waals surface area contributed by atoms with E-state index >= 15 is 0 Å². The van der Waals surface area contributed by atoms with Crippen molar-refractivity contribution in [1.82, 2.24) is 15.0 Å². The lowest BCUT2D eigenvalue weighted by atomic mass is 10.1. The third-order valence-electron chi connectivity index (χ3n) is 4.08. The van der Waals surface area contributed by atoms with E-state index in [0.717, 1.165) is 16.7 Å². The van der Waals surface area contributed by atoms with Crippen LogP contribution in [0.3, 0.4) is 0 Å². The molecule has 2 aromatic carbocycles. The van der Waals surface area contributed by atoms with E-state index in [9.17, 15) is 4.79 Å². The third kappa shape index (κ3) is 4.49. The first kappa shape index (κ1) is 19.4. The number of amides is 1. The molecule has 1 amide bonds. The summed E-state index contributed by atoms with van der Waals surface area (Å²) in [5.41, 5.74) is 2.75. The molecule has 0 radical (unpaired) electrons. The van der Waals surface area contributed by atoms with Crippen LogP contribution in [0.1, 0.15) is 12.5 Å². The van der Waals surface area contributed by atoms with Gasteiger partial charge in [-0.1, -0.05) is 22.9 Å². The molecule has 0 atom stereocenters. The quantitative estimate of drug-likeness (QED) is 0.623. The van der Waals surface area contributed by atoms with Gasteiger partial charge in [-0.15, -0.1) is 0 Å². The summed E-state index contributed by atoms with van der Waals surface area (Å²) in [6.45, 7) is 4.30. The Labute approximate surface area is 163 Å². The highest BCUT2D eigenvalue weighted by molar-refractivity contribution is 5.77. The lowest BCUT2D eigenvalue weighted by Gasteiger charge is -2.14. The number of carbonyl (C=O) groups is 1. The number of likely N-dealkylation sites (N-methyl/N-ethyl adjacent to an activating group) is 1. The molecule has 0 saturated carbocycles. The van der Waals surface area contributed by atoms with E-state index in [1.807, 2.05) is 44.2 Å². The number of hydrogen-bond acceptors (Lipinski definition) is 6. The van der Waals surface area contributed by atoms with Gasteiger partial charge >= 0.3 is 0 Å². The van der Waals surface area contributed by atoms with Gasteiger partial charge in [0.15, 0.2) is 18.1 Å². The first-order valence-corrected chi connectivity index (χ1v) is 8.99. The van der Waals surface area contributed by atoms with Crippen LogP contribution in [0.2, 0.25) is 0 Å². The number of benzene rings is 2. The summed E-state index contributed by atoms with van der Waals surface area (Å²) < 4.78 is 16.7. The van der Waals surface area contributed by atoms with E-state index in [2.05, 4.69) is 10.1 Å². The molecular formula is C21H23N3O4. The number of hydrogen-bond donors (Lipinski definition) is 0. The molecule has 3 aromatic rings. The summed E-state index contributed by atoms with van der Waals surface area (Å²) in [7, 11) is 3.36. The maximum Gasteiger partial charge on any atom is 0.259 e. The molecule has 0 fully saturated rings. The van der Waals surface area contributed by atoms with Crippen molar-refractivity contribution in [2.24, 2.45) is 0 Å². The first-order valence-electron chi connectivity index (χ1n) is 8.99. The van der Waals surface area contributed by atoms with E-state index in [1.165, 1.54) is 4.90 Å².